The van der Waals surface area contributed by atoms with Gasteiger partial charge in [0, 0.05) is 31.6 Å². The van der Waals surface area contributed by atoms with Gasteiger partial charge in [-0.05, 0) is 13.0 Å². The van der Waals surface area contributed by atoms with Crippen LogP contribution in [0, 0.1) is 0 Å². The zero-order valence-corrected chi connectivity index (χ0v) is 11.6. The SMILES string of the molecule is COc1ccccc1C(C)NCCc1ncn(C)n1. The van der Waals surface area contributed by atoms with Crippen molar-refractivity contribution >= 4 is 0 Å². The monoisotopic (exact) mass is 260 g/mol. The van der Waals surface area contributed by atoms with Crippen LogP contribution in [0.4, 0.5) is 0 Å². The molecule has 1 aromatic heterocycles. The third-order valence-electron chi connectivity index (χ3n) is 3.05. The summed E-state index contributed by atoms with van der Waals surface area (Å²) < 4.78 is 7.09. The molecule has 2 rings (SSSR count). The minimum Gasteiger partial charge on any atom is -0.496 e. The summed E-state index contributed by atoms with van der Waals surface area (Å²) in [6, 6.07) is 8.30. The highest BCUT2D eigenvalue weighted by molar-refractivity contribution is 5.35. The van der Waals surface area contributed by atoms with Crippen molar-refractivity contribution in [3.05, 3.63) is 42.0 Å². The van der Waals surface area contributed by atoms with Crippen molar-refractivity contribution in [2.75, 3.05) is 13.7 Å². The van der Waals surface area contributed by atoms with Crippen LogP contribution in [-0.4, -0.2) is 28.4 Å². The van der Waals surface area contributed by atoms with Gasteiger partial charge in [0.1, 0.15) is 12.1 Å². The predicted octanol–water partition coefficient (Wildman–Crippen LogP) is 1.72. The predicted molar refractivity (Wildman–Crippen MR) is 74.1 cm³/mol. The number of aromatic nitrogens is 3. The van der Waals surface area contributed by atoms with E-state index in [9.17, 15) is 0 Å². The zero-order valence-electron chi connectivity index (χ0n) is 11.6. The summed E-state index contributed by atoms with van der Waals surface area (Å²) in [5.74, 6) is 1.78. The molecule has 5 nitrogen and oxygen atoms in total. The summed E-state index contributed by atoms with van der Waals surface area (Å²) in [6.45, 7) is 2.97. The fraction of sp³-hybridized carbons (Fsp3) is 0.429. The van der Waals surface area contributed by atoms with Crippen molar-refractivity contribution < 1.29 is 4.74 Å². The highest BCUT2D eigenvalue weighted by Gasteiger charge is 2.10. The topological polar surface area (TPSA) is 52.0 Å². The maximum absolute atomic E-state index is 5.37. The van der Waals surface area contributed by atoms with E-state index in [0.717, 1.165) is 24.5 Å². The van der Waals surface area contributed by atoms with Gasteiger partial charge in [-0.25, -0.2) is 4.98 Å². The Kier molecular flexibility index (Phi) is 4.52. The van der Waals surface area contributed by atoms with E-state index in [1.165, 1.54) is 5.56 Å². The molecule has 0 aliphatic heterocycles. The highest BCUT2D eigenvalue weighted by Crippen LogP contribution is 2.23. The van der Waals surface area contributed by atoms with Gasteiger partial charge < -0.3 is 10.1 Å². The van der Waals surface area contributed by atoms with Crippen molar-refractivity contribution in [1.82, 2.24) is 20.1 Å². The highest BCUT2D eigenvalue weighted by atomic mass is 16.5. The van der Waals surface area contributed by atoms with Crippen molar-refractivity contribution in [1.29, 1.82) is 0 Å². The molecule has 0 amide bonds. The number of nitrogens with zero attached hydrogens (tertiary/aromatic N) is 3. The van der Waals surface area contributed by atoms with Gasteiger partial charge in [0.25, 0.3) is 0 Å². The normalized spacial score (nSPS) is 12.4. The lowest BCUT2D eigenvalue weighted by Crippen LogP contribution is -2.22. The molecule has 1 aromatic carbocycles. The molecule has 1 unspecified atom stereocenters. The van der Waals surface area contributed by atoms with Crippen LogP contribution in [-0.2, 0) is 13.5 Å². The molecule has 1 heterocycles. The number of benzene rings is 1. The zero-order chi connectivity index (χ0) is 13.7. The first-order valence-electron chi connectivity index (χ1n) is 6.41. The van der Waals surface area contributed by atoms with Crippen molar-refractivity contribution in [3.8, 4) is 5.75 Å². The van der Waals surface area contributed by atoms with Gasteiger partial charge in [-0.15, -0.1) is 0 Å². The lowest BCUT2D eigenvalue weighted by Gasteiger charge is -2.16. The van der Waals surface area contributed by atoms with Gasteiger partial charge in [0.05, 0.1) is 7.11 Å². The molecule has 1 N–H and O–H groups in total. The lowest BCUT2D eigenvalue weighted by molar-refractivity contribution is 0.402. The largest absolute Gasteiger partial charge is 0.496 e. The number of rotatable bonds is 6. The summed E-state index contributed by atoms with van der Waals surface area (Å²) in [6.07, 6.45) is 2.54. The van der Waals surface area contributed by atoms with Crippen LogP contribution in [0.25, 0.3) is 0 Å². The van der Waals surface area contributed by atoms with E-state index in [2.05, 4.69) is 28.4 Å². The second-order valence-electron chi connectivity index (χ2n) is 4.50. The quantitative estimate of drug-likeness (QED) is 0.859. The average Bonchev–Trinajstić information content (AvgIpc) is 2.84. The number of nitrogens with one attached hydrogen (secondary N) is 1. The second kappa shape index (κ2) is 6.33. The van der Waals surface area contributed by atoms with E-state index >= 15 is 0 Å². The van der Waals surface area contributed by atoms with Gasteiger partial charge in [-0.3, -0.25) is 4.68 Å². The van der Waals surface area contributed by atoms with Crippen molar-refractivity contribution in [3.63, 3.8) is 0 Å². The second-order valence-corrected chi connectivity index (χ2v) is 4.50. The molecule has 0 saturated heterocycles. The van der Waals surface area contributed by atoms with E-state index in [1.54, 1.807) is 18.1 Å². The number of methoxy groups -OCH3 is 1. The van der Waals surface area contributed by atoms with Crippen molar-refractivity contribution in [2.45, 2.75) is 19.4 Å². The number of hydrogen-bond acceptors (Lipinski definition) is 4. The van der Waals surface area contributed by atoms with Crippen LogP contribution in [0.1, 0.15) is 24.4 Å². The molecule has 0 saturated carbocycles. The minimum absolute atomic E-state index is 0.236. The molecule has 0 aliphatic carbocycles. The van der Waals surface area contributed by atoms with Gasteiger partial charge in [0.15, 0.2) is 5.82 Å². The fourth-order valence-corrected chi connectivity index (χ4v) is 2.03. The first kappa shape index (κ1) is 13.5. The number of aryl methyl sites for hydroxylation is 1. The summed E-state index contributed by atoms with van der Waals surface area (Å²) in [4.78, 5) is 4.21. The third kappa shape index (κ3) is 3.54. The Bertz CT molecular complexity index is 524. The summed E-state index contributed by atoms with van der Waals surface area (Å²) >= 11 is 0. The molecule has 5 heteroatoms. The number of hydrogen-bond donors (Lipinski definition) is 1. The first-order valence-corrected chi connectivity index (χ1v) is 6.41. The Labute approximate surface area is 113 Å². The summed E-state index contributed by atoms with van der Waals surface area (Å²) in [5, 5.41) is 7.72. The van der Waals surface area contributed by atoms with Crippen LogP contribution >= 0.6 is 0 Å². The van der Waals surface area contributed by atoms with E-state index < -0.39 is 0 Å². The molecule has 0 aliphatic rings. The smallest absolute Gasteiger partial charge is 0.151 e. The maximum Gasteiger partial charge on any atom is 0.151 e. The molecule has 1 atom stereocenters. The summed E-state index contributed by atoms with van der Waals surface area (Å²) in [5.41, 5.74) is 1.17. The van der Waals surface area contributed by atoms with Crippen LogP contribution in [0.3, 0.4) is 0 Å². The molecular weight excluding hydrogens is 240 g/mol. The Balaban J connectivity index is 1.88. The van der Waals surface area contributed by atoms with Crippen LogP contribution < -0.4 is 10.1 Å². The van der Waals surface area contributed by atoms with Crippen molar-refractivity contribution in [2.24, 2.45) is 7.05 Å². The molecular formula is C14H20N4O. The summed E-state index contributed by atoms with van der Waals surface area (Å²) in [7, 11) is 3.57. The number of ether oxygens (including phenoxy) is 1. The van der Waals surface area contributed by atoms with Gasteiger partial charge in [0.2, 0.25) is 0 Å². The number of para-hydroxylation sites is 1. The van der Waals surface area contributed by atoms with Crippen LogP contribution in [0.2, 0.25) is 0 Å². The standard InChI is InChI=1S/C14H20N4O/c1-11(12-6-4-5-7-13(12)19-3)15-9-8-14-16-10-18(2)17-14/h4-7,10-11,15H,8-9H2,1-3H3. The molecule has 0 fully saturated rings. The fourth-order valence-electron chi connectivity index (χ4n) is 2.03. The van der Waals surface area contributed by atoms with Gasteiger partial charge >= 0.3 is 0 Å². The van der Waals surface area contributed by atoms with Gasteiger partial charge in [-0.2, -0.15) is 5.10 Å². The van der Waals surface area contributed by atoms with E-state index in [0.29, 0.717) is 0 Å². The molecule has 2 aromatic rings. The van der Waals surface area contributed by atoms with Gasteiger partial charge in [-0.1, -0.05) is 18.2 Å². The lowest BCUT2D eigenvalue weighted by atomic mass is 10.1. The Morgan fingerprint density at radius 2 is 2.16 bits per heavy atom. The van der Waals surface area contributed by atoms with Crippen LogP contribution in [0.5, 0.6) is 5.75 Å². The molecule has 102 valence electrons. The van der Waals surface area contributed by atoms with E-state index in [4.69, 9.17) is 4.74 Å². The first-order chi connectivity index (χ1) is 9.20. The Morgan fingerprint density at radius 1 is 1.37 bits per heavy atom. The minimum atomic E-state index is 0.236. The Morgan fingerprint density at radius 3 is 2.84 bits per heavy atom. The molecule has 0 spiro atoms. The Hall–Kier alpha value is -1.88. The van der Waals surface area contributed by atoms with Crippen LogP contribution in [0.15, 0.2) is 30.6 Å². The van der Waals surface area contributed by atoms with E-state index in [1.807, 2.05) is 25.2 Å². The average molecular weight is 260 g/mol. The molecule has 0 radical (unpaired) electrons. The third-order valence-corrected chi connectivity index (χ3v) is 3.05. The van der Waals surface area contributed by atoms with E-state index in [-0.39, 0.29) is 6.04 Å². The molecule has 19 heavy (non-hydrogen) atoms. The maximum atomic E-state index is 5.37. The molecule has 0 bridgehead atoms.